The molecule has 31 heavy (non-hydrogen) atoms. The van der Waals surface area contributed by atoms with E-state index in [0.717, 1.165) is 42.3 Å². The van der Waals surface area contributed by atoms with Gasteiger partial charge in [0.25, 0.3) is 0 Å². The molecule has 0 heterocycles. The zero-order chi connectivity index (χ0) is 21.4. The molecule has 0 aliphatic heterocycles. The number of rotatable bonds is 13. The third-order valence-electron chi connectivity index (χ3n) is 4.17. The average Bonchev–Trinajstić information content (AvgIpc) is 2.76. The molecule has 0 aliphatic rings. The standard InChI is InChI=1S/C23H32FN3O3.HI/c1-3-25-23(26-12-5-13-29-15-14-28-2)27-17-19-8-10-22(11-9-19)30-18-20-6-4-7-21(24)16-20;/h4,6-11,16H,3,5,12-15,17-18H2,1-2H3,(H2,25,26,27);1H. The Hall–Kier alpha value is -1.91. The maximum Gasteiger partial charge on any atom is 0.191 e. The first-order valence-corrected chi connectivity index (χ1v) is 10.3. The Kier molecular flexibility index (Phi) is 14.6. The third kappa shape index (κ3) is 11.9. The molecule has 6 nitrogen and oxygen atoms in total. The summed E-state index contributed by atoms with van der Waals surface area (Å²) in [6.45, 7) is 6.43. The minimum absolute atomic E-state index is 0. The molecule has 0 aliphatic carbocycles. The molecule has 2 rings (SSSR count). The summed E-state index contributed by atoms with van der Waals surface area (Å²) in [7, 11) is 1.66. The fourth-order valence-electron chi connectivity index (χ4n) is 2.62. The van der Waals surface area contributed by atoms with Gasteiger partial charge < -0.3 is 24.8 Å². The molecule has 0 bridgehead atoms. The molecule has 0 saturated carbocycles. The van der Waals surface area contributed by atoms with Gasteiger partial charge in [-0.3, -0.25) is 0 Å². The van der Waals surface area contributed by atoms with Gasteiger partial charge in [0.15, 0.2) is 5.96 Å². The number of benzene rings is 2. The van der Waals surface area contributed by atoms with Crippen LogP contribution in [-0.2, 0) is 22.6 Å². The second-order valence-electron chi connectivity index (χ2n) is 6.64. The average molecular weight is 545 g/mol. The number of ether oxygens (including phenoxy) is 3. The molecule has 0 amide bonds. The number of halogens is 2. The fourth-order valence-corrected chi connectivity index (χ4v) is 2.62. The third-order valence-corrected chi connectivity index (χ3v) is 4.17. The maximum atomic E-state index is 13.2. The van der Waals surface area contributed by atoms with Crippen LogP contribution in [0.25, 0.3) is 0 Å². The van der Waals surface area contributed by atoms with Crippen molar-refractivity contribution in [3.8, 4) is 5.75 Å². The van der Waals surface area contributed by atoms with E-state index in [1.54, 1.807) is 13.2 Å². The molecule has 0 saturated heterocycles. The molecule has 0 atom stereocenters. The van der Waals surface area contributed by atoms with E-state index in [4.69, 9.17) is 14.2 Å². The molecule has 2 aromatic rings. The highest BCUT2D eigenvalue weighted by Crippen LogP contribution is 2.15. The maximum absolute atomic E-state index is 13.2. The number of aliphatic imine (C=N–C) groups is 1. The van der Waals surface area contributed by atoms with Gasteiger partial charge in [0.2, 0.25) is 0 Å². The van der Waals surface area contributed by atoms with Crippen LogP contribution in [0.4, 0.5) is 4.39 Å². The Morgan fingerprint density at radius 2 is 1.81 bits per heavy atom. The van der Waals surface area contributed by atoms with Gasteiger partial charge in [0.05, 0.1) is 19.8 Å². The Balaban J connectivity index is 0.00000480. The van der Waals surface area contributed by atoms with E-state index in [1.807, 2.05) is 37.3 Å². The van der Waals surface area contributed by atoms with Crippen molar-refractivity contribution in [2.24, 2.45) is 4.99 Å². The number of methoxy groups -OCH3 is 1. The van der Waals surface area contributed by atoms with Crippen molar-refractivity contribution in [2.45, 2.75) is 26.5 Å². The van der Waals surface area contributed by atoms with Gasteiger partial charge in [-0.1, -0.05) is 24.3 Å². The summed E-state index contributed by atoms with van der Waals surface area (Å²) in [6, 6.07) is 14.2. The summed E-state index contributed by atoms with van der Waals surface area (Å²) >= 11 is 0. The number of nitrogens with one attached hydrogen (secondary N) is 2. The minimum Gasteiger partial charge on any atom is -0.489 e. The van der Waals surface area contributed by atoms with Crippen LogP contribution in [0.1, 0.15) is 24.5 Å². The topological polar surface area (TPSA) is 64.1 Å². The number of nitrogens with zero attached hydrogens (tertiary/aromatic N) is 1. The second kappa shape index (κ2) is 16.7. The molecule has 2 aromatic carbocycles. The van der Waals surface area contributed by atoms with Gasteiger partial charge in [0.1, 0.15) is 18.2 Å². The summed E-state index contributed by atoms with van der Waals surface area (Å²) in [6.07, 6.45) is 0.894. The van der Waals surface area contributed by atoms with Crippen LogP contribution >= 0.6 is 24.0 Å². The van der Waals surface area contributed by atoms with Crippen molar-refractivity contribution in [2.75, 3.05) is 40.0 Å². The van der Waals surface area contributed by atoms with Gasteiger partial charge in [-0.15, -0.1) is 24.0 Å². The molecule has 0 radical (unpaired) electrons. The Labute approximate surface area is 201 Å². The quantitative estimate of drug-likeness (QED) is 0.172. The van der Waals surface area contributed by atoms with Crippen LogP contribution in [0.5, 0.6) is 5.75 Å². The van der Waals surface area contributed by atoms with Gasteiger partial charge >= 0.3 is 0 Å². The predicted octanol–water partition coefficient (Wildman–Crippen LogP) is 4.13. The molecule has 172 valence electrons. The largest absolute Gasteiger partial charge is 0.489 e. The highest BCUT2D eigenvalue weighted by molar-refractivity contribution is 14.0. The van der Waals surface area contributed by atoms with Gasteiger partial charge in [0, 0.05) is 26.8 Å². The monoisotopic (exact) mass is 545 g/mol. The lowest BCUT2D eigenvalue weighted by atomic mass is 10.2. The van der Waals surface area contributed by atoms with Crippen LogP contribution in [-0.4, -0.2) is 46.0 Å². The molecular weight excluding hydrogens is 512 g/mol. The predicted molar refractivity (Wildman–Crippen MR) is 133 cm³/mol. The lowest BCUT2D eigenvalue weighted by Crippen LogP contribution is -2.38. The van der Waals surface area contributed by atoms with Crippen LogP contribution in [0, 0.1) is 5.82 Å². The van der Waals surface area contributed by atoms with Gasteiger partial charge in [-0.25, -0.2) is 9.38 Å². The number of hydrogen-bond donors (Lipinski definition) is 2. The first kappa shape index (κ1) is 27.1. The molecule has 0 unspecified atom stereocenters. The highest BCUT2D eigenvalue weighted by Gasteiger charge is 2.00. The lowest BCUT2D eigenvalue weighted by molar-refractivity contribution is 0.0698. The number of guanidine groups is 1. The van der Waals surface area contributed by atoms with Crippen molar-refractivity contribution in [3.63, 3.8) is 0 Å². The first-order valence-electron chi connectivity index (χ1n) is 10.3. The molecule has 2 N–H and O–H groups in total. The zero-order valence-electron chi connectivity index (χ0n) is 18.2. The van der Waals surface area contributed by atoms with E-state index in [0.29, 0.717) is 33.0 Å². The number of hydrogen-bond acceptors (Lipinski definition) is 4. The summed E-state index contributed by atoms with van der Waals surface area (Å²) in [5.41, 5.74) is 1.88. The van der Waals surface area contributed by atoms with Crippen molar-refractivity contribution in [1.82, 2.24) is 10.6 Å². The van der Waals surface area contributed by atoms with E-state index >= 15 is 0 Å². The second-order valence-corrected chi connectivity index (χ2v) is 6.64. The Morgan fingerprint density at radius 3 is 2.52 bits per heavy atom. The summed E-state index contributed by atoms with van der Waals surface area (Å²) in [5.74, 6) is 1.26. The van der Waals surface area contributed by atoms with E-state index in [-0.39, 0.29) is 29.8 Å². The highest BCUT2D eigenvalue weighted by atomic mass is 127. The van der Waals surface area contributed by atoms with Crippen LogP contribution in [0.2, 0.25) is 0 Å². The lowest BCUT2D eigenvalue weighted by Gasteiger charge is -2.11. The van der Waals surface area contributed by atoms with Gasteiger partial charge in [-0.05, 0) is 48.7 Å². The first-order chi connectivity index (χ1) is 14.7. The van der Waals surface area contributed by atoms with E-state index in [2.05, 4.69) is 15.6 Å². The van der Waals surface area contributed by atoms with Crippen molar-refractivity contribution in [1.29, 1.82) is 0 Å². The molecule has 0 spiro atoms. The Bertz CT molecular complexity index is 760. The smallest absolute Gasteiger partial charge is 0.191 e. The molecule has 0 aromatic heterocycles. The van der Waals surface area contributed by atoms with Crippen LogP contribution in [0.3, 0.4) is 0 Å². The van der Waals surface area contributed by atoms with Crippen molar-refractivity contribution in [3.05, 3.63) is 65.5 Å². The summed E-state index contributed by atoms with van der Waals surface area (Å²) in [5, 5.41) is 6.55. The molecular formula is C23H33FIN3O3. The Morgan fingerprint density at radius 1 is 1.00 bits per heavy atom. The van der Waals surface area contributed by atoms with Crippen LogP contribution in [0.15, 0.2) is 53.5 Å². The minimum atomic E-state index is -0.256. The van der Waals surface area contributed by atoms with Gasteiger partial charge in [-0.2, -0.15) is 0 Å². The zero-order valence-corrected chi connectivity index (χ0v) is 20.6. The molecule has 0 fully saturated rings. The van der Waals surface area contributed by atoms with Crippen LogP contribution < -0.4 is 15.4 Å². The summed E-state index contributed by atoms with van der Waals surface area (Å²) in [4.78, 5) is 4.62. The van der Waals surface area contributed by atoms with E-state index < -0.39 is 0 Å². The normalized spacial score (nSPS) is 11.0. The van der Waals surface area contributed by atoms with Crippen molar-refractivity contribution >= 4 is 29.9 Å². The fraction of sp³-hybridized carbons (Fsp3) is 0.435. The van der Waals surface area contributed by atoms with Crippen molar-refractivity contribution < 1.29 is 18.6 Å². The van der Waals surface area contributed by atoms with E-state index in [1.165, 1.54) is 12.1 Å². The summed E-state index contributed by atoms with van der Waals surface area (Å²) < 4.78 is 29.3. The SMILES string of the molecule is CCNC(=NCc1ccc(OCc2cccc(F)c2)cc1)NCCCOCCOC.I. The molecule has 8 heteroatoms. The van der Waals surface area contributed by atoms with E-state index in [9.17, 15) is 4.39 Å².